The lowest BCUT2D eigenvalue weighted by Gasteiger charge is -2.17. The molecule has 1 aromatic heterocycles. The lowest BCUT2D eigenvalue weighted by molar-refractivity contribution is -0.111. The first-order valence-electron chi connectivity index (χ1n) is 12.6. The highest BCUT2D eigenvalue weighted by molar-refractivity contribution is 6.32. The standard InChI is InChI=1S/C30H35ClN6O2/c1-8-28(38)33-25-17-26(27(39-7)16-21(25)12-11-15-37(6)20(4)5)35-30-32-18-23(31)29(36-30)34-24-14-10-9-13-22(24)19(2)3/h8-10,13-14,16-20H,1,15H2,2-7H3,(H,33,38)(H2,32,34,35,36). The van der Waals surface area contributed by atoms with E-state index >= 15 is 0 Å². The van der Waals surface area contributed by atoms with Gasteiger partial charge in [0.2, 0.25) is 11.9 Å². The monoisotopic (exact) mass is 546 g/mol. The zero-order valence-electron chi connectivity index (χ0n) is 23.2. The number of anilines is 5. The van der Waals surface area contributed by atoms with Crippen LogP contribution in [0.15, 0.2) is 55.3 Å². The Labute approximate surface area is 235 Å². The Hall–Kier alpha value is -4.06. The minimum atomic E-state index is -0.355. The Balaban J connectivity index is 1.96. The summed E-state index contributed by atoms with van der Waals surface area (Å²) in [7, 11) is 3.56. The Morgan fingerprint density at radius 1 is 1.15 bits per heavy atom. The molecule has 204 valence electrons. The van der Waals surface area contributed by atoms with Crippen LogP contribution in [0, 0.1) is 11.8 Å². The van der Waals surface area contributed by atoms with Crippen LogP contribution in [0.1, 0.15) is 44.7 Å². The topological polar surface area (TPSA) is 91.4 Å². The molecule has 0 spiro atoms. The van der Waals surface area contributed by atoms with Gasteiger partial charge < -0.3 is 20.7 Å². The quantitative estimate of drug-likeness (QED) is 0.196. The average molecular weight is 547 g/mol. The van der Waals surface area contributed by atoms with E-state index in [-0.39, 0.29) is 5.91 Å². The number of methoxy groups -OCH3 is 1. The van der Waals surface area contributed by atoms with Gasteiger partial charge in [-0.3, -0.25) is 9.69 Å². The molecular formula is C30H35ClN6O2. The number of nitrogens with one attached hydrogen (secondary N) is 3. The maximum atomic E-state index is 12.2. The molecule has 3 rings (SSSR count). The number of carbonyl (C=O) groups excluding carboxylic acids is 1. The van der Waals surface area contributed by atoms with E-state index in [2.05, 4.69) is 83.0 Å². The summed E-state index contributed by atoms with van der Waals surface area (Å²) in [5.41, 5.74) is 3.70. The number of amides is 1. The number of hydrogen-bond donors (Lipinski definition) is 3. The second-order valence-electron chi connectivity index (χ2n) is 9.48. The predicted octanol–water partition coefficient (Wildman–Crippen LogP) is 6.57. The van der Waals surface area contributed by atoms with Crippen molar-refractivity contribution in [2.75, 3.05) is 36.7 Å². The maximum Gasteiger partial charge on any atom is 0.247 e. The number of nitrogens with zero attached hydrogens (tertiary/aromatic N) is 3. The highest BCUT2D eigenvalue weighted by atomic mass is 35.5. The molecule has 2 aromatic carbocycles. The minimum Gasteiger partial charge on any atom is -0.495 e. The fraction of sp³-hybridized carbons (Fsp3) is 0.300. The second kappa shape index (κ2) is 13.7. The molecule has 3 aromatic rings. The van der Waals surface area contributed by atoms with Crippen molar-refractivity contribution in [3.8, 4) is 17.6 Å². The maximum absolute atomic E-state index is 12.2. The molecule has 0 bridgehead atoms. The molecule has 9 heteroatoms. The molecule has 1 amide bonds. The minimum absolute atomic E-state index is 0.292. The number of halogens is 1. The van der Waals surface area contributed by atoms with Crippen LogP contribution in [0.2, 0.25) is 5.02 Å². The van der Waals surface area contributed by atoms with Gasteiger partial charge in [0, 0.05) is 17.8 Å². The fourth-order valence-electron chi connectivity index (χ4n) is 3.56. The van der Waals surface area contributed by atoms with Crippen molar-refractivity contribution >= 4 is 46.3 Å². The Morgan fingerprint density at radius 3 is 2.56 bits per heavy atom. The molecule has 0 unspecified atom stereocenters. The summed E-state index contributed by atoms with van der Waals surface area (Å²) in [6.07, 6.45) is 2.73. The summed E-state index contributed by atoms with van der Waals surface area (Å²) in [6, 6.07) is 11.9. The highest BCUT2D eigenvalue weighted by Crippen LogP contribution is 2.34. The largest absolute Gasteiger partial charge is 0.495 e. The van der Waals surface area contributed by atoms with Crippen molar-refractivity contribution < 1.29 is 9.53 Å². The van der Waals surface area contributed by atoms with Gasteiger partial charge in [-0.15, -0.1) is 0 Å². The number of ether oxygens (including phenoxy) is 1. The number of aromatic nitrogens is 2. The first-order chi connectivity index (χ1) is 18.6. The van der Waals surface area contributed by atoms with Gasteiger partial charge in [-0.25, -0.2) is 4.98 Å². The van der Waals surface area contributed by atoms with E-state index in [1.807, 2.05) is 25.2 Å². The van der Waals surface area contributed by atoms with E-state index in [1.54, 1.807) is 19.2 Å². The van der Waals surface area contributed by atoms with E-state index < -0.39 is 0 Å². The number of hydrogen-bond acceptors (Lipinski definition) is 7. The van der Waals surface area contributed by atoms with Crippen molar-refractivity contribution in [3.05, 3.63) is 71.4 Å². The van der Waals surface area contributed by atoms with Gasteiger partial charge in [-0.05, 0) is 50.6 Å². The van der Waals surface area contributed by atoms with Gasteiger partial charge >= 0.3 is 0 Å². The van der Waals surface area contributed by atoms with Gasteiger partial charge in [0.1, 0.15) is 10.8 Å². The Morgan fingerprint density at radius 2 is 1.90 bits per heavy atom. The molecule has 1 heterocycles. The summed E-state index contributed by atoms with van der Waals surface area (Å²) in [4.78, 5) is 23.2. The third-order valence-electron chi connectivity index (χ3n) is 6.04. The summed E-state index contributed by atoms with van der Waals surface area (Å²) in [5.74, 6) is 7.52. The molecule has 0 aliphatic rings. The summed E-state index contributed by atoms with van der Waals surface area (Å²) < 4.78 is 5.63. The molecule has 0 atom stereocenters. The van der Waals surface area contributed by atoms with E-state index in [1.165, 1.54) is 12.3 Å². The molecule has 3 N–H and O–H groups in total. The van der Waals surface area contributed by atoms with Crippen LogP contribution in [-0.4, -0.2) is 47.5 Å². The summed E-state index contributed by atoms with van der Waals surface area (Å²) >= 11 is 6.43. The zero-order valence-corrected chi connectivity index (χ0v) is 24.0. The van der Waals surface area contributed by atoms with Crippen LogP contribution in [-0.2, 0) is 4.79 Å². The van der Waals surface area contributed by atoms with E-state index in [9.17, 15) is 4.79 Å². The Bertz CT molecular complexity index is 1390. The third-order valence-corrected chi connectivity index (χ3v) is 6.32. The highest BCUT2D eigenvalue weighted by Gasteiger charge is 2.15. The van der Waals surface area contributed by atoms with E-state index in [0.29, 0.717) is 58.0 Å². The van der Waals surface area contributed by atoms with Crippen molar-refractivity contribution in [2.45, 2.75) is 39.7 Å². The van der Waals surface area contributed by atoms with Gasteiger partial charge in [0.25, 0.3) is 0 Å². The van der Waals surface area contributed by atoms with Crippen LogP contribution in [0.4, 0.5) is 28.8 Å². The fourth-order valence-corrected chi connectivity index (χ4v) is 3.69. The van der Waals surface area contributed by atoms with E-state index in [0.717, 1.165) is 11.3 Å². The third kappa shape index (κ3) is 7.96. The van der Waals surface area contributed by atoms with Crippen LogP contribution >= 0.6 is 11.6 Å². The molecule has 0 aliphatic carbocycles. The normalized spacial score (nSPS) is 10.7. The summed E-state index contributed by atoms with van der Waals surface area (Å²) in [6.45, 7) is 12.6. The van der Waals surface area contributed by atoms with Gasteiger partial charge in [-0.1, -0.05) is 62.1 Å². The first-order valence-corrected chi connectivity index (χ1v) is 13.0. The van der Waals surface area contributed by atoms with Crippen LogP contribution in [0.3, 0.4) is 0 Å². The molecule has 0 saturated carbocycles. The Kier molecular flexibility index (Phi) is 10.3. The van der Waals surface area contributed by atoms with Crippen LogP contribution < -0.4 is 20.7 Å². The van der Waals surface area contributed by atoms with Crippen molar-refractivity contribution in [1.29, 1.82) is 0 Å². The molecular weight excluding hydrogens is 512 g/mol. The zero-order chi connectivity index (χ0) is 28.5. The predicted molar refractivity (Wildman–Crippen MR) is 161 cm³/mol. The van der Waals surface area contributed by atoms with Crippen LogP contribution in [0.5, 0.6) is 5.75 Å². The van der Waals surface area contributed by atoms with Gasteiger partial charge in [-0.2, -0.15) is 4.98 Å². The van der Waals surface area contributed by atoms with Crippen molar-refractivity contribution in [2.24, 2.45) is 0 Å². The van der Waals surface area contributed by atoms with E-state index in [4.69, 9.17) is 16.3 Å². The number of para-hydroxylation sites is 1. The molecule has 8 nitrogen and oxygen atoms in total. The van der Waals surface area contributed by atoms with Crippen LogP contribution in [0.25, 0.3) is 0 Å². The molecule has 0 aliphatic heterocycles. The lowest BCUT2D eigenvalue weighted by Crippen LogP contribution is -2.26. The van der Waals surface area contributed by atoms with Gasteiger partial charge in [0.15, 0.2) is 5.82 Å². The lowest BCUT2D eigenvalue weighted by atomic mass is 10.0. The SMILES string of the molecule is C=CC(=O)Nc1cc(Nc2ncc(Cl)c(Nc3ccccc3C(C)C)n2)c(OC)cc1C#CCN(C)C(C)C. The number of benzene rings is 2. The second-order valence-corrected chi connectivity index (χ2v) is 9.89. The first kappa shape index (κ1) is 29.5. The number of carbonyl (C=O) groups is 1. The molecule has 39 heavy (non-hydrogen) atoms. The van der Waals surface area contributed by atoms with Gasteiger partial charge in [0.05, 0.1) is 36.8 Å². The molecule has 0 radical (unpaired) electrons. The van der Waals surface area contributed by atoms with Crippen molar-refractivity contribution in [3.63, 3.8) is 0 Å². The van der Waals surface area contributed by atoms with Crippen molar-refractivity contribution in [1.82, 2.24) is 14.9 Å². The molecule has 0 saturated heterocycles. The average Bonchev–Trinajstić information content (AvgIpc) is 2.91. The number of rotatable bonds is 10. The molecule has 0 fully saturated rings. The summed E-state index contributed by atoms with van der Waals surface area (Å²) in [5, 5.41) is 9.71. The smallest absolute Gasteiger partial charge is 0.247 e.